The molecular weight excluding hydrogens is 325 g/mol. The Morgan fingerprint density at radius 2 is 1.72 bits per heavy atom. The molecule has 2 aromatic rings. The number of benzene rings is 2. The second-order valence-electron chi connectivity index (χ2n) is 3.64. The van der Waals surface area contributed by atoms with Gasteiger partial charge in [0.1, 0.15) is 17.5 Å². The van der Waals surface area contributed by atoms with E-state index >= 15 is 0 Å². The number of hydrogen-bond acceptors (Lipinski definition) is 1. The van der Waals surface area contributed by atoms with Crippen LogP contribution < -0.4 is 0 Å². The van der Waals surface area contributed by atoms with E-state index in [2.05, 4.69) is 15.9 Å². The highest BCUT2D eigenvalue weighted by Gasteiger charge is 2.06. The van der Waals surface area contributed by atoms with E-state index in [1.807, 2.05) is 0 Å². The Labute approximate surface area is 115 Å². The molecular formula is C13H8BrF3S. The van der Waals surface area contributed by atoms with Gasteiger partial charge in [0.25, 0.3) is 0 Å². The summed E-state index contributed by atoms with van der Waals surface area (Å²) in [7, 11) is 0. The molecule has 94 valence electrons. The van der Waals surface area contributed by atoms with Crippen LogP contribution in [0.4, 0.5) is 13.2 Å². The molecule has 2 aromatic carbocycles. The van der Waals surface area contributed by atoms with E-state index in [0.29, 0.717) is 15.1 Å². The predicted molar refractivity (Wildman–Crippen MR) is 70.0 cm³/mol. The SMILES string of the molecule is Fc1cc(Br)cc(CSc2ccc(F)cc2F)c1. The van der Waals surface area contributed by atoms with Crippen molar-refractivity contribution in [1.29, 1.82) is 0 Å². The van der Waals surface area contributed by atoms with Crippen molar-refractivity contribution in [1.82, 2.24) is 0 Å². The van der Waals surface area contributed by atoms with Crippen LogP contribution in [0, 0.1) is 17.5 Å². The largest absolute Gasteiger partial charge is 0.207 e. The average molecular weight is 333 g/mol. The van der Waals surface area contributed by atoms with Crippen molar-refractivity contribution < 1.29 is 13.2 Å². The van der Waals surface area contributed by atoms with Crippen molar-refractivity contribution in [2.24, 2.45) is 0 Å². The Balaban J connectivity index is 2.11. The van der Waals surface area contributed by atoms with Gasteiger partial charge in [-0.05, 0) is 35.9 Å². The topological polar surface area (TPSA) is 0 Å². The highest BCUT2D eigenvalue weighted by molar-refractivity contribution is 9.10. The van der Waals surface area contributed by atoms with Gasteiger partial charge in [-0.2, -0.15) is 0 Å². The van der Waals surface area contributed by atoms with Crippen molar-refractivity contribution in [3.8, 4) is 0 Å². The predicted octanol–water partition coefficient (Wildman–Crippen LogP) is 5.16. The van der Waals surface area contributed by atoms with Gasteiger partial charge in [-0.25, -0.2) is 13.2 Å². The Hall–Kier alpha value is -0.940. The minimum atomic E-state index is -0.606. The quantitative estimate of drug-likeness (QED) is 0.699. The fourth-order valence-corrected chi connectivity index (χ4v) is 2.81. The van der Waals surface area contributed by atoms with Crippen LogP contribution in [0.25, 0.3) is 0 Å². The molecule has 0 aromatic heterocycles. The molecule has 0 spiro atoms. The van der Waals surface area contributed by atoms with Crippen LogP contribution in [0.3, 0.4) is 0 Å². The molecule has 0 saturated heterocycles. The molecule has 0 nitrogen and oxygen atoms in total. The highest BCUT2D eigenvalue weighted by atomic mass is 79.9. The Kier molecular flexibility index (Phi) is 4.35. The van der Waals surface area contributed by atoms with E-state index in [1.54, 1.807) is 6.07 Å². The van der Waals surface area contributed by atoms with Gasteiger partial charge in [-0.3, -0.25) is 0 Å². The zero-order valence-corrected chi connectivity index (χ0v) is 11.5. The summed E-state index contributed by atoms with van der Waals surface area (Å²) >= 11 is 4.39. The first kappa shape index (κ1) is 13.5. The zero-order valence-electron chi connectivity index (χ0n) is 9.09. The monoisotopic (exact) mass is 332 g/mol. The van der Waals surface area contributed by atoms with Gasteiger partial charge in [0, 0.05) is 21.2 Å². The smallest absolute Gasteiger partial charge is 0.139 e. The molecule has 0 N–H and O–H groups in total. The molecule has 0 heterocycles. The third kappa shape index (κ3) is 3.53. The molecule has 0 fully saturated rings. The summed E-state index contributed by atoms with van der Waals surface area (Å²) in [5.41, 5.74) is 0.732. The second-order valence-corrected chi connectivity index (χ2v) is 5.57. The van der Waals surface area contributed by atoms with Crippen LogP contribution in [0.2, 0.25) is 0 Å². The summed E-state index contributed by atoms with van der Waals surface area (Å²) in [6.07, 6.45) is 0. The number of thioether (sulfide) groups is 1. The number of halogens is 4. The minimum Gasteiger partial charge on any atom is -0.207 e. The lowest BCUT2D eigenvalue weighted by molar-refractivity contribution is 0.565. The van der Waals surface area contributed by atoms with Crippen LogP contribution >= 0.6 is 27.7 Å². The molecule has 18 heavy (non-hydrogen) atoms. The van der Waals surface area contributed by atoms with Crippen LogP contribution in [0.5, 0.6) is 0 Å². The zero-order chi connectivity index (χ0) is 13.1. The standard InChI is InChI=1S/C13H8BrF3S/c14-9-3-8(4-11(16)5-9)7-18-13-2-1-10(15)6-12(13)17/h1-6H,7H2. The lowest BCUT2D eigenvalue weighted by atomic mass is 10.2. The first-order chi connectivity index (χ1) is 8.54. The first-order valence-electron chi connectivity index (χ1n) is 5.07. The molecule has 0 unspecified atom stereocenters. The van der Waals surface area contributed by atoms with Gasteiger partial charge in [0.15, 0.2) is 0 Å². The highest BCUT2D eigenvalue weighted by Crippen LogP contribution is 2.27. The van der Waals surface area contributed by atoms with Crippen molar-refractivity contribution in [2.75, 3.05) is 0 Å². The Morgan fingerprint density at radius 1 is 0.944 bits per heavy atom. The molecule has 0 radical (unpaired) electrons. The molecule has 0 amide bonds. The summed E-state index contributed by atoms with van der Waals surface area (Å²) in [6.45, 7) is 0. The summed E-state index contributed by atoms with van der Waals surface area (Å²) < 4.78 is 39.8. The normalized spacial score (nSPS) is 10.7. The van der Waals surface area contributed by atoms with Gasteiger partial charge in [-0.1, -0.05) is 15.9 Å². The molecule has 0 bridgehead atoms. The fourth-order valence-electron chi connectivity index (χ4n) is 1.45. The van der Waals surface area contributed by atoms with Crippen LogP contribution in [0.15, 0.2) is 45.8 Å². The first-order valence-corrected chi connectivity index (χ1v) is 6.85. The third-order valence-corrected chi connectivity index (χ3v) is 3.79. The van der Waals surface area contributed by atoms with Gasteiger partial charge < -0.3 is 0 Å². The molecule has 0 saturated carbocycles. The van der Waals surface area contributed by atoms with E-state index in [4.69, 9.17) is 0 Å². The molecule has 2 rings (SSSR count). The molecule has 0 aliphatic rings. The van der Waals surface area contributed by atoms with E-state index in [1.165, 1.54) is 36.0 Å². The maximum absolute atomic E-state index is 13.4. The van der Waals surface area contributed by atoms with Gasteiger partial charge in [0.2, 0.25) is 0 Å². The summed E-state index contributed by atoms with van der Waals surface area (Å²) in [5, 5.41) is 0. The summed E-state index contributed by atoms with van der Waals surface area (Å²) in [4.78, 5) is 0.344. The van der Waals surface area contributed by atoms with Crippen LogP contribution in [0.1, 0.15) is 5.56 Å². The fraction of sp³-hybridized carbons (Fsp3) is 0.0769. The van der Waals surface area contributed by atoms with Crippen molar-refractivity contribution in [3.63, 3.8) is 0 Å². The van der Waals surface area contributed by atoms with E-state index in [-0.39, 0.29) is 5.82 Å². The molecule has 0 aliphatic carbocycles. The maximum Gasteiger partial charge on any atom is 0.139 e. The summed E-state index contributed by atoms with van der Waals surface area (Å²) in [5.74, 6) is -1.14. The molecule has 0 atom stereocenters. The van der Waals surface area contributed by atoms with E-state index in [9.17, 15) is 13.2 Å². The Bertz CT molecular complexity index is 552. The van der Waals surface area contributed by atoms with Gasteiger partial charge >= 0.3 is 0 Å². The second kappa shape index (κ2) is 5.80. The third-order valence-electron chi connectivity index (χ3n) is 2.21. The van der Waals surface area contributed by atoms with Crippen molar-refractivity contribution in [3.05, 3.63) is 63.9 Å². The van der Waals surface area contributed by atoms with Gasteiger partial charge in [0.05, 0.1) is 0 Å². The number of rotatable bonds is 3. The molecule has 5 heteroatoms. The lowest BCUT2D eigenvalue weighted by Gasteiger charge is -2.04. The molecule has 0 aliphatic heterocycles. The van der Waals surface area contributed by atoms with Crippen molar-refractivity contribution >= 4 is 27.7 Å². The summed E-state index contributed by atoms with van der Waals surface area (Å²) in [6, 6.07) is 7.92. The van der Waals surface area contributed by atoms with Gasteiger partial charge in [-0.15, -0.1) is 11.8 Å². The van der Waals surface area contributed by atoms with Crippen LogP contribution in [-0.4, -0.2) is 0 Å². The van der Waals surface area contributed by atoms with E-state index in [0.717, 1.165) is 11.6 Å². The lowest BCUT2D eigenvalue weighted by Crippen LogP contribution is -1.87. The van der Waals surface area contributed by atoms with Crippen molar-refractivity contribution in [2.45, 2.75) is 10.6 Å². The maximum atomic E-state index is 13.4. The number of hydrogen-bond donors (Lipinski definition) is 0. The average Bonchev–Trinajstić information content (AvgIpc) is 2.26. The minimum absolute atomic E-state index is 0.344. The Morgan fingerprint density at radius 3 is 2.39 bits per heavy atom. The van der Waals surface area contributed by atoms with Crippen LogP contribution in [-0.2, 0) is 5.75 Å². The van der Waals surface area contributed by atoms with E-state index < -0.39 is 11.6 Å².